The second-order valence-electron chi connectivity index (χ2n) is 7.09. The molecule has 6 heteroatoms. The van der Waals surface area contributed by atoms with Gasteiger partial charge >= 0.3 is 0 Å². The van der Waals surface area contributed by atoms with Crippen molar-refractivity contribution in [1.82, 2.24) is 5.32 Å². The van der Waals surface area contributed by atoms with Gasteiger partial charge in [0.2, 0.25) is 0 Å². The van der Waals surface area contributed by atoms with Gasteiger partial charge in [0, 0.05) is 11.6 Å². The minimum absolute atomic E-state index is 0.0561. The SMILES string of the molecule is COc1cc(/C=C(\C#N)C(=O)NC2CCCC2)ccc1OCc1ccccc1C#N. The third-order valence-corrected chi connectivity index (χ3v) is 5.08. The number of nitriles is 2. The molecule has 1 amide bonds. The number of nitrogens with one attached hydrogen (secondary N) is 1. The fraction of sp³-hybridized carbons (Fsp3) is 0.292. The van der Waals surface area contributed by atoms with E-state index in [2.05, 4.69) is 11.4 Å². The molecular weight excluding hydrogens is 378 g/mol. The molecule has 0 bridgehead atoms. The first-order valence-electron chi connectivity index (χ1n) is 9.86. The van der Waals surface area contributed by atoms with Gasteiger partial charge in [-0.05, 0) is 42.7 Å². The van der Waals surface area contributed by atoms with Crippen LogP contribution in [-0.2, 0) is 11.4 Å². The van der Waals surface area contributed by atoms with Gasteiger partial charge in [0.15, 0.2) is 11.5 Å². The maximum atomic E-state index is 12.4. The van der Waals surface area contributed by atoms with Crippen molar-refractivity contribution < 1.29 is 14.3 Å². The Balaban J connectivity index is 1.74. The van der Waals surface area contributed by atoms with Crippen LogP contribution in [-0.4, -0.2) is 19.1 Å². The summed E-state index contributed by atoms with van der Waals surface area (Å²) in [6.07, 6.45) is 5.67. The third kappa shape index (κ3) is 5.18. The van der Waals surface area contributed by atoms with E-state index in [-0.39, 0.29) is 24.1 Å². The van der Waals surface area contributed by atoms with Gasteiger partial charge in [-0.3, -0.25) is 4.79 Å². The second-order valence-corrected chi connectivity index (χ2v) is 7.09. The number of rotatable bonds is 7. The summed E-state index contributed by atoms with van der Waals surface area (Å²) in [4.78, 5) is 12.4. The molecule has 0 radical (unpaired) electrons. The van der Waals surface area contributed by atoms with Crippen LogP contribution in [0.5, 0.6) is 11.5 Å². The smallest absolute Gasteiger partial charge is 0.262 e. The summed E-state index contributed by atoms with van der Waals surface area (Å²) in [6.45, 7) is 0.225. The molecule has 152 valence electrons. The lowest BCUT2D eigenvalue weighted by Crippen LogP contribution is -2.33. The molecule has 6 nitrogen and oxygen atoms in total. The lowest BCUT2D eigenvalue weighted by atomic mass is 10.1. The lowest BCUT2D eigenvalue weighted by Gasteiger charge is -2.13. The molecule has 1 fully saturated rings. The first-order chi connectivity index (χ1) is 14.6. The van der Waals surface area contributed by atoms with E-state index in [1.165, 1.54) is 7.11 Å². The van der Waals surface area contributed by atoms with Crippen LogP contribution in [0.4, 0.5) is 0 Å². The highest BCUT2D eigenvalue weighted by molar-refractivity contribution is 6.01. The van der Waals surface area contributed by atoms with Crippen molar-refractivity contribution in [3.8, 4) is 23.6 Å². The minimum atomic E-state index is -0.350. The largest absolute Gasteiger partial charge is 0.493 e. The predicted octanol–water partition coefficient (Wildman–Crippen LogP) is 4.11. The lowest BCUT2D eigenvalue weighted by molar-refractivity contribution is -0.117. The molecule has 2 aromatic carbocycles. The van der Waals surface area contributed by atoms with E-state index in [0.29, 0.717) is 22.6 Å². The molecule has 0 saturated heterocycles. The molecule has 30 heavy (non-hydrogen) atoms. The number of methoxy groups -OCH3 is 1. The summed E-state index contributed by atoms with van der Waals surface area (Å²) in [6, 6.07) is 16.7. The number of carbonyl (C=O) groups is 1. The molecule has 1 aliphatic rings. The van der Waals surface area contributed by atoms with Crippen LogP contribution in [0.2, 0.25) is 0 Å². The first-order valence-corrected chi connectivity index (χ1v) is 9.86. The van der Waals surface area contributed by atoms with Crippen LogP contribution in [0, 0.1) is 22.7 Å². The highest BCUT2D eigenvalue weighted by Crippen LogP contribution is 2.30. The van der Waals surface area contributed by atoms with Gasteiger partial charge in [-0.2, -0.15) is 10.5 Å². The van der Waals surface area contributed by atoms with E-state index < -0.39 is 0 Å². The van der Waals surface area contributed by atoms with Crippen molar-refractivity contribution >= 4 is 12.0 Å². The molecular formula is C24H23N3O3. The standard InChI is InChI=1S/C24H23N3O3/c1-29-23-13-17(12-20(15-26)24(28)27-21-8-4-5-9-21)10-11-22(23)30-16-19-7-3-2-6-18(19)14-25/h2-3,6-7,10-13,21H,4-5,8-9,16H2,1H3,(H,27,28)/b20-12+. The quantitative estimate of drug-likeness (QED) is 0.556. The fourth-order valence-electron chi connectivity index (χ4n) is 3.45. The van der Waals surface area contributed by atoms with E-state index in [9.17, 15) is 15.3 Å². The number of nitrogens with zero attached hydrogens (tertiary/aromatic N) is 2. The summed E-state index contributed by atoms with van der Waals surface area (Å²) < 4.78 is 11.2. The second kappa shape index (κ2) is 10.1. The number of benzene rings is 2. The molecule has 1 aliphatic carbocycles. The molecule has 1 saturated carbocycles. The molecule has 0 aliphatic heterocycles. The van der Waals surface area contributed by atoms with E-state index in [1.54, 1.807) is 36.4 Å². The molecule has 0 atom stereocenters. The monoisotopic (exact) mass is 401 g/mol. The number of hydrogen-bond acceptors (Lipinski definition) is 5. The number of ether oxygens (including phenoxy) is 2. The normalized spacial score (nSPS) is 13.9. The molecule has 0 heterocycles. The van der Waals surface area contributed by atoms with Crippen molar-refractivity contribution in [2.75, 3.05) is 7.11 Å². The molecule has 0 spiro atoms. The topological polar surface area (TPSA) is 95.1 Å². The highest BCUT2D eigenvalue weighted by Gasteiger charge is 2.19. The third-order valence-electron chi connectivity index (χ3n) is 5.08. The highest BCUT2D eigenvalue weighted by atomic mass is 16.5. The Kier molecular flexibility index (Phi) is 7.08. The molecule has 2 aromatic rings. The summed E-state index contributed by atoms with van der Waals surface area (Å²) in [7, 11) is 1.52. The fourth-order valence-corrected chi connectivity index (χ4v) is 3.45. The summed E-state index contributed by atoms with van der Waals surface area (Å²) in [5, 5.41) is 21.5. The van der Waals surface area contributed by atoms with E-state index in [0.717, 1.165) is 31.2 Å². The molecule has 3 rings (SSSR count). The Bertz CT molecular complexity index is 1020. The van der Waals surface area contributed by atoms with Crippen molar-refractivity contribution in [3.05, 3.63) is 64.7 Å². The zero-order chi connectivity index (χ0) is 21.3. The Hall–Kier alpha value is -3.77. The van der Waals surface area contributed by atoms with Gasteiger partial charge in [-0.15, -0.1) is 0 Å². The van der Waals surface area contributed by atoms with Crippen molar-refractivity contribution in [2.45, 2.75) is 38.3 Å². The van der Waals surface area contributed by atoms with Crippen molar-refractivity contribution in [2.24, 2.45) is 0 Å². The van der Waals surface area contributed by atoms with Crippen LogP contribution < -0.4 is 14.8 Å². The van der Waals surface area contributed by atoms with Gasteiger partial charge in [0.25, 0.3) is 5.91 Å². The number of hydrogen-bond donors (Lipinski definition) is 1. The molecule has 0 aromatic heterocycles. The maximum absolute atomic E-state index is 12.4. The summed E-state index contributed by atoms with van der Waals surface area (Å²) in [5.74, 6) is 0.639. The zero-order valence-corrected chi connectivity index (χ0v) is 16.9. The summed E-state index contributed by atoms with van der Waals surface area (Å²) >= 11 is 0. The van der Waals surface area contributed by atoms with Crippen LogP contribution >= 0.6 is 0 Å². The number of carbonyl (C=O) groups excluding carboxylic acids is 1. The zero-order valence-electron chi connectivity index (χ0n) is 16.9. The van der Waals surface area contributed by atoms with Gasteiger partial charge in [-0.25, -0.2) is 0 Å². The Morgan fingerprint density at radius 1 is 1.17 bits per heavy atom. The van der Waals surface area contributed by atoms with E-state index in [1.807, 2.05) is 18.2 Å². The predicted molar refractivity (Wildman–Crippen MR) is 112 cm³/mol. The van der Waals surface area contributed by atoms with Crippen molar-refractivity contribution in [1.29, 1.82) is 10.5 Å². The first kappa shape index (κ1) is 21.0. The van der Waals surface area contributed by atoms with E-state index >= 15 is 0 Å². The van der Waals surface area contributed by atoms with Gasteiger partial charge in [-0.1, -0.05) is 37.1 Å². The van der Waals surface area contributed by atoms with Gasteiger partial charge < -0.3 is 14.8 Å². The van der Waals surface area contributed by atoms with Crippen LogP contribution in [0.15, 0.2) is 48.0 Å². The minimum Gasteiger partial charge on any atom is -0.493 e. The Morgan fingerprint density at radius 2 is 1.93 bits per heavy atom. The van der Waals surface area contributed by atoms with Crippen LogP contribution in [0.1, 0.15) is 42.4 Å². The average molecular weight is 401 g/mol. The summed E-state index contributed by atoms with van der Waals surface area (Å²) in [5.41, 5.74) is 2.06. The molecule has 0 unspecified atom stereocenters. The van der Waals surface area contributed by atoms with Crippen LogP contribution in [0.25, 0.3) is 6.08 Å². The Labute approximate surface area is 176 Å². The van der Waals surface area contributed by atoms with Gasteiger partial charge in [0.05, 0.1) is 18.7 Å². The Morgan fingerprint density at radius 3 is 2.63 bits per heavy atom. The van der Waals surface area contributed by atoms with E-state index in [4.69, 9.17) is 9.47 Å². The van der Waals surface area contributed by atoms with Crippen molar-refractivity contribution in [3.63, 3.8) is 0 Å². The number of amides is 1. The molecule has 1 N–H and O–H groups in total. The van der Waals surface area contributed by atoms with Crippen LogP contribution in [0.3, 0.4) is 0 Å². The average Bonchev–Trinajstić information content (AvgIpc) is 3.29. The maximum Gasteiger partial charge on any atom is 0.262 e. The van der Waals surface area contributed by atoms with Gasteiger partial charge in [0.1, 0.15) is 18.2 Å².